The summed E-state index contributed by atoms with van der Waals surface area (Å²) in [5.41, 5.74) is 2.23. The minimum Gasteiger partial charge on any atom is -0.445 e. The van der Waals surface area contributed by atoms with Crippen LogP contribution in [0.5, 0.6) is 0 Å². The van der Waals surface area contributed by atoms with Crippen LogP contribution in [0.15, 0.2) is 15.1 Å². The summed E-state index contributed by atoms with van der Waals surface area (Å²) in [7, 11) is 2.14. The van der Waals surface area contributed by atoms with Crippen molar-refractivity contribution in [2.24, 2.45) is 0 Å². The van der Waals surface area contributed by atoms with Crippen LogP contribution in [0.2, 0.25) is 0 Å². The van der Waals surface area contributed by atoms with Gasteiger partial charge in [0.2, 0.25) is 5.89 Å². The fourth-order valence-corrected chi connectivity index (χ4v) is 3.08. The monoisotopic (exact) mass is 304 g/mol. The van der Waals surface area contributed by atoms with Crippen molar-refractivity contribution in [3.05, 3.63) is 34.9 Å². The van der Waals surface area contributed by atoms with Crippen LogP contribution in [0.4, 0.5) is 0 Å². The molecule has 6 heteroatoms. The van der Waals surface area contributed by atoms with Gasteiger partial charge in [-0.25, -0.2) is 4.98 Å². The molecule has 0 aromatic carbocycles. The van der Waals surface area contributed by atoms with Gasteiger partial charge >= 0.3 is 0 Å². The Hall–Kier alpha value is -1.66. The summed E-state index contributed by atoms with van der Waals surface area (Å²) >= 11 is 0. The van der Waals surface area contributed by atoms with Gasteiger partial charge in [-0.15, -0.1) is 0 Å². The van der Waals surface area contributed by atoms with E-state index < -0.39 is 0 Å². The Morgan fingerprint density at radius 1 is 1.36 bits per heavy atom. The average Bonchev–Trinajstić information content (AvgIpc) is 3.17. The highest BCUT2D eigenvalue weighted by Gasteiger charge is 2.27. The number of likely N-dealkylation sites (N-methyl/N-ethyl adjacent to an activating group) is 1. The van der Waals surface area contributed by atoms with Crippen molar-refractivity contribution in [1.29, 1.82) is 0 Å². The van der Waals surface area contributed by atoms with Gasteiger partial charge in [-0.3, -0.25) is 9.80 Å². The zero-order valence-corrected chi connectivity index (χ0v) is 13.8. The highest BCUT2D eigenvalue weighted by molar-refractivity contribution is 5.20. The number of oxazole rings is 1. The molecule has 0 N–H and O–H groups in total. The van der Waals surface area contributed by atoms with Gasteiger partial charge in [0, 0.05) is 31.2 Å². The second-order valence-electron chi connectivity index (χ2n) is 6.26. The predicted molar refractivity (Wildman–Crippen MR) is 82.4 cm³/mol. The smallest absolute Gasteiger partial charge is 0.208 e. The van der Waals surface area contributed by atoms with E-state index in [0.29, 0.717) is 6.04 Å². The fraction of sp³-hybridized carbons (Fsp3) is 0.625. The second-order valence-corrected chi connectivity index (χ2v) is 6.26. The third-order valence-electron chi connectivity index (χ3n) is 4.49. The standard InChI is InChI=1S/C16H24N4O2/c1-11-7-17-16(21-11)10-19(4)14-5-6-20(8-14)9-15-12(2)18-22-13(15)3/h7,14H,5-6,8-10H2,1-4H3. The summed E-state index contributed by atoms with van der Waals surface area (Å²) in [6.45, 7) is 9.76. The molecule has 1 fully saturated rings. The number of hydrogen-bond acceptors (Lipinski definition) is 6. The van der Waals surface area contributed by atoms with Crippen LogP contribution < -0.4 is 0 Å². The van der Waals surface area contributed by atoms with Crippen LogP contribution >= 0.6 is 0 Å². The number of aromatic nitrogens is 2. The largest absolute Gasteiger partial charge is 0.445 e. The number of rotatable bonds is 5. The molecule has 1 aliphatic heterocycles. The second kappa shape index (κ2) is 6.22. The van der Waals surface area contributed by atoms with Gasteiger partial charge in [-0.05, 0) is 34.2 Å². The molecule has 0 saturated carbocycles. The Morgan fingerprint density at radius 2 is 2.18 bits per heavy atom. The van der Waals surface area contributed by atoms with E-state index in [1.165, 1.54) is 12.0 Å². The molecule has 1 saturated heterocycles. The van der Waals surface area contributed by atoms with Gasteiger partial charge in [0.25, 0.3) is 0 Å². The zero-order chi connectivity index (χ0) is 15.7. The van der Waals surface area contributed by atoms with E-state index in [-0.39, 0.29) is 0 Å². The maximum atomic E-state index is 5.57. The Kier molecular flexibility index (Phi) is 4.31. The molecule has 0 amide bonds. The van der Waals surface area contributed by atoms with Gasteiger partial charge < -0.3 is 8.94 Å². The molecule has 1 unspecified atom stereocenters. The first-order valence-electron chi connectivity index (χ1n) is 7.78. The van der Waals surface area contributed by atoms with Crippen molar-refractivity contribution >= 4 is 0 Å². The predicted octanol–water partition coefficient (Wildman–Crippen LogP) is 2.29. The normalized spacial score (nSPS) is 19.4. The summed E-state index contributed by atoms with van der Waals surface area (Å²) in [6.07, 6.45) is 2.95. The van der Waals surface area contributed by atoms with Crippen LogP contribution in [-0.2, 0) is 13.1 Å². The summed E-state index contributed by atoms with van der Waals surface area (Å²) in [4.78, 5) is 9.09. The highest BCUT2D eigenvalue weighted by Crippen LogP contribution is 2.21. The van der Waals surface area contributed by atoms with Crippen LogP contribution in [0.3, 0.4) is 0 Å². The molecule has 22 heavy (non-hydrogen) atoms. The molecule has 1 aliphatic rings. The van der Waals surface area contributed by atoms with Crippen LogP contribution in [0, 0.1) is 20.8 Å². The summed E-state index contributed by atoms with van der Waals surface area (Å²) in [5, 5.41) is 4.04. The van der Waals surface area contributed by atoms with Crippen molar-refractivity contribution in [3.8, 4) is 0 Å². The van der Waals surface area contributed by atoms with Gasteiger partial charge in [0.1, 0.15) is 11.5 Å². The number of likely N-dealkylation sites (tertiary alicyclic amines) is 1. The van der Waals surface area contributed by atoms with Crippen molar-refractivity contribution in [2.75, 3.05) is 20.1 Å². The van der Waals surface area contributed by atoms with E-state index in [0.717, 1.165) is 49.3 Å². The molecule has 1 atom stereocenters. The third kappa shape index (κ3) is 3.23. The minimum absolute atomic E-state index is 0.535. The molecule has 0 aliphatic carbocycles. The lowest BCUT2D eigenvalue weighted by Crippen LogP contribution is -2.34. The molecule has 0 bridgehead atoms. The van der Waals surface area contributed by atoms with E-state index in [9.17, 15) is 0 Å². The Balaban J connectivity index is 1.55. The topological polar surface area (TPSA) is 58.5 Å². The molecule has 0 radical (unpaired) electrons. The molecule has 2 aromatic rings. The molecule has 3 rings (SSSR count). The van der Waals surface area contributed by atoms with Gasteiger partial charge in [0.15, 0.2) is 0 Å². The third-order valence-corrected chi connectivity index (χ3v) is 4.49. The fourth-order valence-electron chi connectivity index (χ4n) is 3.08. The minimum atomic E-state index is 0.535. The Labute approximate surface area is 131 Å². The maximum absolute atomic E-state index is 5.57. The Bertz CT molecular complexity index is 614. The van der Waals surface area contributed by atoms with Crippen molar-refractivity contribution in [3.63, 3.8) is 0 Å². The number of hydrogen-bond donors (Lipinski definition) is 0. The summed E-state index contributed by atoms with van der Waals surface area (Å²) in [6, 6.07) is 0.535. The van der Waals surface area contributed by atoms with E-state index in [4.69, 9.17) is 8.94 Å². The van der Waals surface area contributed by atoms with Gasteiger partial charge in [-0.2, -0.15) is 0 Å². The first-order valence-corrected chi connectivity index (χ1v) is 7.78. The van der Waals surface area contributed by atoms with Crippen LogP contribution in [0.1, 0.15) is 35.1 Å². The first kappa shape index (κ1) is 15.2. The summed E-state index contributed by atoms with van der Waals surface area (Å²) < 4.78 is 10.8. The van der Waals surface area contributed by atoms with Crippen molar-refractivity contribution in [1.82, 2.24) is 19.9 Å². The molecule has 3 heterocycles. The van der Waals surface area contributed by atoms with Crippen molar-refractivity contribution in [2.45, 2.75) is 46.3 Å². The number of aryl methyl sites for hydroxylation is 3. The lowest BCUT2D eigenvalue weighted by atomic mass is 10.2. The van der Waals surface area contributed by atoms with Crippen LogP contribution in [0.25, 0.3) is 0 Å². The molecule has 6 nitrogen and oxygen atoms in total. The maximum Gasteiger partial charge on any atom is 0.208 e. The molecule has 2 aromatic heterocycles. The molecule has 120 valence electrons. The number of nitrogens with zero attached hydrogens (tertiary/aromatic N) is 4. The van der Waals surface area contributed by atoms with E-state index in [1.54, 1.807) is 6.20 Å². The average molecular weight is 304 g/mol. The first-order chi connectivity index (χ1) is 10.5. The highest BCUT2D eigenvalue weighted by atomic mass is 16.5. The summed E-state index contributed by atoms with van der Waals surface area (Å²) in [5.74, 6) is 2.60. The Morgan fingerprint density at radius 3 is 2.82 bits per heavy atom. The SMILES string of the molecule is Cc1cnc(CN(C)C2CCN(Cc3c(C)noc3C)C2)o1. The van der Waals surface area contributed by atoms with E-state index in [1.807, 2.05) is 20.8 Å². The zero-order valence-electron chi connectivity index (χ0n) is 13.8. The van der Waals surface area contributed by atoms with E-state index >= 15 is 0 Å². The molecular formula is C16H24N4O2. The quantitative estimate of drug-likeness (QED) is 0.845. The van der Waals surface area contributed by atoms with Gasteiger partial charge in [0.05, 0.1) is 18.4 Å². The van der Waals surface area contributed by atoms with Gasteiger partial charge in [-0.1, -0.05) is 5.16 Å². The lowest BCUT2D eigenvalue weighted by Gasteiger charge is -2.23. The lowest BCUT2D eigenvalue weighted by molar-refractivity contribution is 0.204. The molecule has 0 spiro atoms. The molecular weight excluding hydrogens is 280 g/mol. The van der Waals surface area contributed by atoms with Crippen LogP contribution in [-0.4, -0.2) is 46.1 Å². The van der Waals surface area contributed by atoms with Crippen molar-refractivity contribution < 1.29 is 8.94 Å². The van der Waals surface area contributed by atoms with E-state index in [2.05, 4.69) is 27.0 Å².